The van der Waals surface area contributed by atoms with E-state index in [9.17, 15) is 9.59 Å². The van der Waals surface area contributed by atoms with E-state index in [4.69, 9.17) is 25.8 Å². The Morgan fingerprint density at radius 2 is 1.93 bits per heavy atom. The van der Waals surface area contributed by atoms with Gasteiger partial charge in [-0.3, -0.25) is 0 Å². The Morgan fingerprint density at radius 3 is 2.52 bits per heavy atom. The van der Waals surface area contributed by atoms with E-state index in [2.05, 4.69) is 27.9 Å². The average molecular weight is 506 g/mol. The lowest BCUT2D eigenvalue weighted by Gasteiger charge is -2.31. The fraction of sp³-hybridized carbons (Fsp3) is 0.368. The van der Waals surface area contributed by atoms with E-state index in [0.29, 0.717) is 22.9 Å². The molecule has 1 aromatic rings. The summed E-state index contributed by atoms with van der Waals surface area (Å²) in [4.78, 5) is 25.3. The quantitative estimate of drug-likeness (QED) is 0.346. The number of hydrogen-bond donors (Lipinski definition) is 1. The van der Waals surface area contributed by atoms with Crippen molar-refractivity contribution < 1.29 is 23.8 Å². The first-order valence-corrected chi connectivity index (χ1v) is 10.3. The van der Waals surface area contributed by atoms with Crippen molar-refractivity contribution in [2.45, 2.75) is 19.8 Å². The number of rotatable bonds is 7. The van der Waals surface area contributed by atoms with Crippen LogP contribution in [0.2, 0.25) is 5.02 Å². The number of alkyl halides is 1. The molecule has 1 aromatic carbocycles. The summed E-state index contributed by atoms with van der Waals surface area (Å²) in [6.07, 6.45) is 0. The lowest BCUT2D eigenvalue weighted by molar-refractivity contribution is -0.139. The van der Waals surface area contributed by atoms with Gasteiger partial charge in [0.25, 0.3) is 0 Å². The summed E-state index contributed by atoms with van der Waals surface area (Å²) in [7, 11) is 1.29. The number of halogens is 2. The zero-order chi connectivity index (χ0) is 20.0. The minimum Gasteiger partial charge on any atom is -0.478 e. The number of hydrogen-bond acceptors (Lipinski definition) is 6. The first kappa shape index (κ1) is 21.6. The van der Waals surface area contributed by atoms with Gasteiger partial charge in [-0.25, -0.2) is 9.59 Å². The van der Waals surface area contributed by atoms with E-state index in [1.165, 1.54) is 7.11 Å². The molecule has 0 bridgehead atoms. The molecule has 6 nitrogen and oxygen atoms in total. The SMILES string of the molecule is CCOC(=O)C1=C(OCCI)NC(C)=C(C(=O)OC)C1c1ccccc1Cl. The molecule has 1 N–H and O–H groups in total. The van der Waals surface area contributed by atoms with Gasteiger partial charge >= 0.3 is 11.9 Å². The summed E-state index contributed by atoms with van der Waals surface area (Å²) in [5, 5.41) is 3.44. The van der Waals surface area contributed by atoms with Gasteiger partial charge < -0.3 is 19.5 Å². The molecule has 0 saturated heterocycles. The maximum absolute atomic E-state index is 12.8. The maximum atomic E-state index is 12.8. The monoisotopic (exact) mass is 505 g/mol. The van der Waals surface area contributed by atoms with Crippen molar-refractivity contribution in [2.24, 2.45) is 0 Å². The molecule has 0 fully saturated rings. The van der Waals surface area contributed by atoms with Crippen molar-refractivity contribution in [1.82, 2.24) is 5.32 Å². The normalized spacial score (nSPS) is 16.7. The second-order valence-electron chi connectivity index (χ2n) is 5.61. The number of benzene rings is 1. The second-order valence-corrected chi connectivity index (χ2v) is 7.10. The standard InChI is InChI=1S/C19H21ClINO5/c1-4-26-19(24)16-15(12-7-5-6-8-13(12)20)14(18(23)25-3)11(2)22-17(16)27-10-9-21/h5-8,15,22H,4,9-10H2,1-3H3. The molecular formula is C19H21ClINO5. The van der Waals surface area contributed by atoms with Crippen molar-refractivity contribution in [2.75, 3.05) is 24.8 Å². The minimum atomic E-state index is -0.768. The third-order valence-corrected chi connectivity index (χ3v) is 4.75. The lowest BCUT2D eigenvalue weighted by atomic mass is 9.81. The van der Waals surface area contributed by atoms with Crippen molar-refractivity contribution in [3.63, 3.8) is 0 Å². The maximum Gasteiger partial charge on any atom is 0.340 e. The van der Waals surface area contributed by atoms with E-state index in [1.807, 2.05) is 0 Å². The van der Waals surface area contributed by atoms with E-state index in [0.717, 1.165) is 4.43 Å². The van der Waals surface area contributed by atoms with Crippen molar-refractivity contribution in [3.8, 4) is 0 Å². The molecule has 1 heterocycles. The molecule has 0 radical (unpaired) electrons. The van der Waals surface area contributed by atoms with E-state index in [-0.39, 0.29) is 23.6 Å². The lowest BCUT2D eigenvalue weighted by Crippen LogP contribution is -2.34. The summed E-state index contributed by atoms with van der Waals surface area (Å²) in [5.41, 5.74) is 1.61. The molecule has 8 heteroatoms. The van der Waals surface area contributed by atoms with Gasteiger partial charge in [0.05, 0.1) is 31.8 Å². The van der Waals surface area contributed by atoms with Gasteiger partial charge in [-0.1, -0.05) is 52.4 Å². The zero-order valence-electron chi connectivity index (χ0n) is 15.3. The number of ether oxygens (including phenoxy) is 3. The Morgan fingerprint density at radius 1 is 1.22 bits per heavy atom. The first-order valence-electron chi connectivity index (χ1n) is 8.36. The van der Waals surface area contributed by atoms with Gasteiger partial charge in [-0.15, -0.1) is 0 Å². The molecule has 27 heavy (non-hydrogen) atoms. The van der Waals surface area contributed by atoms with E-state index < -0.39 is 17.9 Å². The number of methoxy groups -OCH3 is 1. The van der Waals surface area contributed by atoms with Crippen LogP contribution in [-0.2, 0) is 23.8 Å². The molecule has 0 aliphatic carbocycles. The highest BCUT2D eigenvalue weighted by atomic mass is 127. The molecule has 0 aromatic heterocycles. The predicted molar refractivity (Wildman–Crippen MR) is 111 cm³/mol. The molecule has 1 aliphatic rings. The Balaban J connectivity index is 2.72. The van der Waals surface area contributed by atoms with Gasteiger partial charge in [0, 0.05) is 15.1 Å². The van der Waals surface area contributed by atoms with Crippen molar-refractivity contribution >= 4 is 46.1 Å². The second kappa shape index (κ2) is 9.98. The smallest absolute Gasteiger partial charge is 0.340 e. The molecule has 146 valence electrons. The Bertz CT molecular complexity index is 790. The van der Waals surface area contributed by atoms with Crippen LogP contribution in [0, 0.1) is 0 Å². The third-order valence-electron chi connectivity index (χ3n) is 3.97. The number of carbonyl (C=O) groups is 2. The van der Waals surface area contributed by atoms with Crippen LogP contribution in [0.3, 0.4) is 0 Å². The minimum absolute atomic E-state index is 0.188. The summed E-state index contributed by atoms with van der Waals surface area (Å²) >= 11 is 8.58. The van der Waals surface area contributed by atoms with Gasteiger partial charge in [0.2, 0.25) is 5.88 Å². The molecular weight excluding hydrogens is 485 g/mol. The molecule has 1 atom stereocenters. The highest BCUT2D eigenvalue weighted by molar-refractivity contribution is 14.1. The fourth-order valence-electron chi connectivity index (χ4n) is 2.87. The predicted octanol–water partition coefficient (Wildman–Crippen LogP) is 3.70. The van der Waals surface area contributed by atoms with E-state index in [1.54, 1.807) is 38.1 Å². The fourth-order valence-corrected chi connectivity index (χ4v) is 3.34. The van der Waals surface area contributed by atoms with Crippen LogP contribution < -0.4 is 5.32 Å². The number of allylic oxidation sites excluding steroid dienone is 1. The number of carbonyl (C=O) groups excluding carboxylic acids is 2. The average Bonchev–Trinajstić information content (AvgIpc) is 2.65. The van der Waals surface area contributed by atoms with Crippen LogP contribution in [-0.4, -0.2) is 36.7 Å². The summed E-state index contributed by atoms with van der Waals surface area (Å²) in [6, 6.07) is 7.05. The third kappa shape index (κ3) is 4.76. The molecule has 0 saturated carbocycles. The Kier molecular flexibility index (Phi) is 7.97. The Labute approximate surface area is 177 Å². The van der Waals surface area contributed by atoms with Crippen LogP contribution >= 0.6 is 34.2 Å². The van der Waals surface area contributed by atoms with Gasteiger partial charge in [0.1, 0.15) is 5.57 Å². The summed E-state index contributed by atoms with van der Waals surface area (Å²) in [5.74, 6) is -1.64. The Hall–Kier alpha value is -1.74. The number of esters is 2. The van der Waals surface area contributed by atoms with Gasteiger partial charge in [-0.05, 0) is 25.5 Å². The molecule has 2 rings (SSSR count). The summed E-state index contributed by atoms with van der Waals surface area (Å²) in [6.45, 7) is 4.02. The van der Waals surface area contributed by atoms with Crippen LogP contribution in [0.15, 0.2) is 47.0 Å². The molecule has 1 unspecified atom stereocenters. The first-order chi connectivity index (χ1) is 13.0. The highest BCUT2D eigenvalue weighted by Crippen LogP contribution is 2.42. The van der Waals surface area contributed by atoms with Crippen LogP contribution in [0.4, 0.5) is 0 Å². The molecule has 0 spiro atoms. The van der Waals surface area contributed by atoms with Crippen LogP contribution in [0.25, 0.3) is 0 Å². The number of dihydropyridines is 1. The number of nitrogens with one attached hydrogen (secondary N) is 1. The molecule has 0 amide bonds. The van der Waals surface area contributed by atoms with Crippen LogP contribution in [0.5, 0.6) is 0 Å². The summed E-state index contributed by atoms with van der Waals surface area (Å²) < 4.78 is 16.7. The van der Waals surface area contributed by atoms with Crippen molar-refractivity contribution in [3.05, 3.63) is 57.6 Å². The van der Waals surface area contributed by atoms with Gasteiger partial charge in [0.15, 0.2) is 0 Å². The topological polar surface area (TPSA) is 73.9 Å². The van der Waals surface area contributed by atoms with Crippen molar-refractivity contribution in [1.29, 1.82) is 0 Å². The van der Waals surface area contributed by atoms with E-state index >= 15 is 0 Å². The zero-order valence-corrected chi connectivity index (χ0v) is 18.2. The largest absolute Gasteiger partial charge is 0.478 e. The van der Waals surface area contributed by atoms with Crippen LogP contribution in [0.1, 0.15) is 25.3 Å². The highest BCUT2D eigenvalue weighted by Gasteiger charge is 2.40. The molecule has 1 aliphatic heterocycles. The van der Waals surface area contributed by atoms with Gasteiger partial charge in [-0.2, -0.15) is 0 Å².